The number of hydrogen-bond donors (Lipinski definition) is 2. The number of carbonyl (C=O) groups is 3. The molecule has 7 nitrogen and oxygen atoms in total. The second-order valence-corrected chi connectivity index (χ2v) is 8.39. The Labute approximate surface area is 182 Å². The van der Waals surface area contributed by atoms with Crippen LogP contribution in [0, 0.1) is 18.8 Å². The van der Waals surface area contributed by atoms with Gasteiger partial charge in [-0.15, -0.1) is 0 Å². The number of benzene rings is 1. The van der Waals surface area contributed by atoms with Gasteiger partial charge in [0.25, 0.3) is 11.8 Å². The molecule has 0 spiro atoms. The summed E-state index contributed by atoms with van der Waals surface area (Å²) < 4.78 is 10.5. The highest BCUT2D eigenvalue weighted by Crippen LogP contribution is 2.29. The van der Waals surface area contributed by atoms with E-state index in [1.165, 1.54) is 18.8 Å². The molecule has 7 heteroatoms. The Bertz CT molecular complexity index is 937. The first-order chi connectivity index (χ1) is 14.8. The molecule has 1 aliphatic rings. The van der Waals surface area contributed by atoms with Crippen LogP contribution in [0.2, 0.25) is 0 Å². The molecule has 0 unspecified atom stereocenters. The molecule has 0 aliphatic heterocycles. The van der Waals surface area contributed by atoms with Crippen molar-refractivity contribution in [2.24, 2.45) is 11.8 Å². The third kappa shape index (κ3) is 5.54. The molecule has 1 saturated carbocycles. The topological polar surface area (TPSA) is 97.6 Å². The molecule has 166 valence electrons. The molecule has 1 fully saturated rings. The summed E-state index contributed by atoms with van der Waals surface area (Å²) >= 11 is 0. The monoisotopic (exact) mass is 426 g/mol. The van der Waals surface area contributed by atoms with Gasteiger partial charge in [0.05, 0.1) is 11.8 Å². The molecule has 0 saturated heterocycles. The minimum absolute atomic E-state index is 0.0974. The van der Waals surface area contributed by atoms with Crippen molar-refractivity contribution in [3.63, 3.8) is 0 Å². The van der Waals surface area contributed by atoms with Crippen LogP contribution in [0.25, 0.3) is 0 Å². The summed E-state index contributed by atoms with van der Waals surface area (Å²) in [5.74, 6) is -0.220. The van der Waals surface area contributed by atoms with Gasteiger partial charge in [-0.05, 0) is 61.9 Å². The highest BCUT2D eigenvalue weighted by Gasteiger charge is 2.30. The lowest BCUT2D eigenvalue weighted by molar-refractivity contribution is -0.130. The predicted octanol–water partition coefficient (Wildman–Crippen LogP) is 4.33. The van der Waals surface area contributed by atoms with Crippen LogP contribution in [-0.4, -0.2) is 29.9 Å². The first-order valence-electron chi connectivity index (χ1n) is 10.7. The Kier molecular flexibility index (Phi) is 7.15. The van der Waals surface area contributed by atoms with E-state index < -0.39 is 18.0 Å². The van der Waals surface area contributed by atoms with Gasteiger partial charge in [0, 0.05) is 11.7 Å². The van der Waals surface area contributed by atoms with Crippen molar-refractivity contribution < 1.29 is 23.5 Å². The Morgan fingerprint density at radius 1 is 1.16 bits per heavy atom. The van der Waals surface area contributed by atoms with Crippen molar-refractivity contribution in [1.29, 1.82) is 0 Å². The number of nitrogens with one attached hydrogen (secondary N) is 2. The number of ether oxygens (including phenoxy) is 1. The van der Waals surface area contributed by atoms with Crippen LogP contribution in [0.4, 0.5) is 5.69 Å². The molecule has 1 heterocycles. The number of anilines is 1. The minimum Gasteiger partial charge on any atom is -0.459 e. The Hall–Kier alpha value is -3.09. The summed E-state index contributed by atoms with van der Waals surface area (Å²) in [6, 6.07) is 8.13. The molecule has 0 radical (unpaired) electrons. The van der Waals surface area contributed by atoms with E-state index in [9.17, 15) is 14.4 Å². The van der Waals surface area contributed by atoms with E-state index >= 15 is 0 Å². The van der Waals surface area contributed by atoms with Crippen LogP contribution >= 0.6 is 0 Å². The van der Waals surface area contributed by atoms with Crippen molar-refractivity contribution in [2.75, 3.05) is 5.32 Å². The van der Waals surface area contributed by atoms with Crippen LogP contribution < -0.4 is 10.6 Å². The van der Waals surface area contributed by atoms with E-state index in [2.05, 4.69) is 24.5 Å². The van der Waals surface area contributed by atoms with Gasteiger partial charge < -0.3 is 19.8 Å². The van der Waals surface area contributed by atoms with E-state index in [0.29, 0.717) is 17.5 Å². The molecule has 1 aliphatic carbocycles. The molecule has 1 aromatic heterocycles. The number of amides is 2. The molecule has 1 aromatic carbocycles. The molecule has 0 bridgehead atoms. The van der Waals surface area contributed by atoms with Gasteiger partial charge in [-0.1, -0.05) is 32.8 Å². The van der Waals surface area contributed by atoms with Gasteiger partial charge in [-0.2, -0.15) is 0 Å². The normalized spacial score (nSPS) is 21.7. The summed E-state index contributed by atoms with van der Waals surface area (Å²) in [5.41, 5.74) is 1.50. The minimum atomic E-state index is -0.917. The second-order valence-electron chi connectivity index (χ2n) is 8.39. The Morgan fingerprint density at radius 3 is 2.65 bits per heavy atom. The van der Waals surface area contributed by atoms with E-state index in [1.54, 1.807) is 31.2 Å². The van der Waals surface area contributed by atoms with Crippen LogP contribution in [0.1, 0.15) is 66.5 Å². The van der Waals surface area contributed by atoms with Gasteiger partial charge >= 0.3 is 5.97 Å². The van der Waals surface area contributed by atoms with Gasteiger partial charge in [0.1, 0.15) is 0 Å². The van der Waals surface area contributed by atoms with E-state index in [-0.39, 0.29) is 23.3 Å². The molecule has 2 amide bonds. The van der Waals surface area contributed by atoms with E-state index in [1.807, 2.05) is 6.92 Å². The zero-order chi connectivity index (χ0) is 22.5. The van der Waals surface area contributed by atoms with E-state index in [0.717, 1.165) is 18.4 Å². The highest BCUT2D eigenvalue weighted by atomic mass is 16.5. The quantitative estimate of drug-likeness (QED) is 0.670. The SMILES string of the molecule is Cc1ccc(C(=O)O[C@H](C)C(=O)N[C@@H]2CCC[C@H](C)[C@@H]2C)cc1NC(=O)c1ccco1. The van der Waals surface area contributed by atoms with Crippen molar-refractivity contribution >= 4 is 23.5 Å². The average Bonchev–Trinajstić information content (AvgIpc) is 3.28. The van der Waals surface area contributed by atoms with Gasteiger partial charge in [0.2, 0.25) is 0 Å². The number of furan rings is 1. The van der Waals surface area contributed by atoms with Crippen molar-refractivity contribution in [3.05, 3.63) is 53.5 Å². The molecule has 2 aromatic rings. The third-order valence-electron chi connectivity index (χ3n) is 6.15. The molecule has 4 atom stereocenters. The lowest BCUT2D eigenvalue weighted by Crippen LogP contribution is -2.47. The molecule has 31 heavy (non-hydrogen) atoms. The third-order valence-corrected chi connectivity index (χ3v) is 6.15. The van der Waals surface area contributed by atoms with Crippen LogP contribution in [0.5, 0.6) is 0 Å². The number of aryl methyl sites for hydroxylation is 1. The second kappa shape index (κ2) is 9.81. The van der Waals surface area contributed by atoms with Gasteiger partial charge in [0.15, 0.2) is 11.9 Å². The zero-order valence-corrected chi connectivity index (χ0v) is 18.4. The first kappa shape index (κ1) is 22.6. The number of carbonyl (C=O) groups excluding carboxylic acids is 3. The summed E-state index contributed by atoms with van der Waals surface area (Å²) in [4.78, 5) is 37.4. The maximum Gasteiger partial charge on any atom is 0.338 e. The molecular weight excluding hydrogens is 396 g/mol. The molecule has 2 N–H and O–H groups in total. The smallest absolute Gasteiger partial charge is 0.338 e. The molecular formula is C24H30N2O5. The fraction of sp³-hybridized carbons (Fsp3) is 0.458. The number of hydrogen-bond acceptors (Lipinski definition) is 5. The van der Waals surface area contributed by atoms with E-state index in [4.69, 9.17) is 9.15 Å². The van der Waals surface area contributed by atoms with Crippen LogP contribution in [0.15, 0.2) is 41.0 Å². The summed E-state index contributed by atoms with van der Waals surface area (Å²) in [7, 11) is 0. The average molecular weight is 427 g/mol. The zero-order valence-electron chi connectivity index (χ0n) is 18.4. The largest absolute Gasteiger partial charge is 0.459 e. The number of esters is 1. The Balaban J connectivity index is 1.61. The Morgan fingerprint density at radius 2 is 1.94 bits per heavy atom. The maximum atomic E-state index is 12.6. The van der Waals surface area contributed by atoms with Crippen molar-refractivity contribution in [2.45, 2.75) is 59.1 Å². The summed E-state index contributed by atoms with van der Waals surface area (Å²) in [6.07, 6.45) is 3.69. The summed E-state index contributed by atoms with van der Waals surface area (Å²) in [6.45, 7) is 7.73. The lowest BCUT2D eigenvalue weighted by atomic mass is 9.78. The lowest BCUT2D eigenvalue weighted by Gasteiger charge is -2.35. The summed E-state index contributed by atoms with van der Waals surface area (Å²) in [5, 5.41) is 5.76. The highest BCUT2D eigenvalue weighted by molar-refractivity contribution is 6.03. The van der Waals surface area contributed by atoms with Crippen molar-refractivity contribution in [3.8, 4) is 0 Å². The standard InChI is InChI=1S/C24H30N2O5/c1-14-7-5-8-19(16(14)3)25-22(27)17(4)31-24(29)18-11-10-15(2)20(13-18)26-23(28)21-9-6-12-30-21/h6,9-14,16-17,19H,5,7-8H2,1-4H3,(H,25,27)(H,26,28)/t14-,16-,17+,19+/m0/s1. The predicted molar refractivity (Wildman–Crippen MR) is 117 cm³/mol. The fourth-order valence-electron chi connectivity index (χ4n) is 3.84. The molecule has 3 rings (SSSR count). The maximum absolute atomic E-state index is 12.6. The fourth-order valence-corrected chi connectivity index (χ4v) is 3.84. The van der Waals surface area contributed by atoms with Crippen LogP contribution in [-0.2, 0) is 9.53 Å². The van der Waals surface area contributed by atoms with Gasteiger partial charge in [-0.25, -0.2) is 4.79 Å². The van der Waals surface area contributed by atoms with Gasteiger partial charge in [-0.3, -0.25) is 9.59 Å². The first-order valence-corrected chi connectivity index (χ1v) is 10.7. The van der Waals surface area contributed by atoms with Crippen molar-refractivity contribution in [1.82, 2.24) is 5.32 Å². The van der Waals surface area contributed by atoms with Crippen LogP contribution in [0.3, 0.4) is 0 Å². The number of rotatable bonds is 6.